The largest absolute Gasteiger partial charge is 0.492 e. The standard InChI is InChI=1S/C32H37NO4S/c1-32(2,3)31(34)37-22-36-26-16-12-24(13-17-26)30(28-18-21-38-29-9-7-6-8-27(28)29)23-10-14-25(15-11-23)35-20-19-33(4)5/h6-17H,18-22H2,1-5H3. The Morgan fingerprint density at radius 1 is 0.868 bits per heavy atom. The molecule has 0 spiro atoms. The molecule has 38 heavy (non-hydrogen) atoms. The van der Waals surface area contributed by atoms with Crippen LogP contribution in [0.5, 0.6) is 11.5 Å². The van der Waals surface area contributed by atoms with Crippen LogP contribution < -0.4 is 9.47 Å². The molecule has 0 bridgehead atoms. The van der Waals surface area contributed by atoms with E-state index in [4.69, 9.17) is 14.2 Å². The van der Waals surface area contributed by atoms with Crippen molar-refractivity contribution < 1.29 is 19.0 Å². The second-order valence-corrected chi connectivity index (χ2v) is 11.7. The number of thioether (sulfide) groups is 1. The Bertz CT molecular complexity index is 1260. The van der Waals surface area contributed by atoms with E-state index in [1.54, 1.807) is 0 Å². The molecule has 200 valence electrons. The van der Waals surface area contributed by atoms with Gasteiger partial charge in [0, 0.05) is 17.2 Å². The number of hydrogen-bond donors (Lipinski definition) is 0. The molecule has 0 aromatic heterocycles. The lowest BCUT2D eigenvalue weighted by Crippen LogP contribution is -2.24. The van der Waals surface area contributed by atoms with Crippen LogP contribution in [0.2, 0.25) is 0 Å². The van der Waals surface area contributed by atoms with E-state index in [-0.39, 0.29) is 12.8 Å². The van der Waals surface area contributed by atoms with Gasteiger partial charge in [-0.05, 0) is 99.5 Å². The zero-order chi connectivity index (χ0) is 27.1. The number of likely N-dealkylation sites (N-methyl/N-ethyl adjacent to an activating group) is 1. The van der Waals surface area contributed by atoms with Crippen LogP contribution in [0.15, 0.2) is 77.7 Å². The van der Waals surface area contributed by atoms with Gasteiger partial charge in [-0.2, -0.15) is 0 Å². The third kappa shape index (κ3) is 7.21. The second kappa shape index (κ2) is 12.5. The summed E-state index contributed by atoms with van der Waals surface area (Å²) in [7, 11) is 4.08. The summed E-state index contributed by atoms with van der Waals surface area (Å²) in [6, 6.07) is 25.1. The molecule has 0 saturated carbocycles. The second-order valence-electron chi connectivity index (χ2n) is 10.6. The lowest BCUT2D eigenvalue weighted by atomic mass is 9.88. The number of fused-ring (bicyclic) bond motifs is 1. The highest BCUT2D eigenvalue weighted by atomic mass is 32.2. The summed E-state index contributed by atoms with van der Waals surface area (Å²) >= 11 is 1.91. The van der Waals surface area contributed by atoms with E-state index in [9.17, 15) is 4.79 Å². The predicted octanol–water partition coefficient (Wildman–Crippen LogP) is 7.01. The van der Waals surface area contributed by atoms with Crippen LogP contribution in [-0.4, -0.2) is 50.7 Å². The molecule has 5 nitrogen and oxygen atoms in total. The Morgan fingerprint density at radius 3 is 2.08 bits per heavy atom. The van der Waals surface area contributed by atoms with E-state index < -0.39 is 5.41 Å². The lowest BCUT2D eigenvalue weighted by molar-refractivity contribution is -0.159. The van der Waals surface area contributed by atoms with Gasteiger partial charge in [0.05, 0.1) is 5.41 Å². The van der Waals surface area contributed by atoms with Gasteiger partial charge in [-0.3, -0.25) is 4.79 Å². The van der Waals surface area contributed by atoms with Crippen molar-refractivity contribution in [1.82, 2.24) is 4.90 Å². The Morgan fingerprint density at radius 2 is 1.47 bits per heavy atom. The van der Waals surface area contributed by atoms with Gasteiger partial charge in [-0.15, -0.1) is 11.8 Å². The maximum Gasteiger partial charge on any atom is 0.314 e. The van der Waals surface area contributed by atoms with Gasteiger partial charge in [-0.1, -0.05) is 42.5 Å². The van der Waals surface area contributed by atoms with Crippen LogP contribution in [-0.2, 0) is 9.53 Å². The first-order chi connectivity index (χ1) is 18.2. The van der Waals surface area contributed by atoms with Crippen molar-refractivity contribution in [3.05, 3.63) is 89.5 Å². The third-order valence-corrected chi connectivity index (χ3v) is 7.32. The smallest absolute Gasteiger partial charge is 0.314 e. The van der Waals surface area contributed by atoms with E-state index in [1.807, 2.05) is 58.8 Å². The number of carbonyl (C=O) groups is 1. The van der Waals surface area contributed by atoms with Crippen LogP contribution in [0.1, 0.15) is 43.9 Å². The molecule has 4 rings (SSSR count). The monoisotopic (exact) mass is 531 g/mol. The van der Waals surface area contributed by atoms with Crippen molar-refractivity contribution in [2.24, 2.45) is 5.41 Å². The SMILES string of the molecule is CN(C)CCOc1ccc(C(=C2CCSc3ccccc32)c2ccc(OCOC(=O)C(C)(C)C)cc2)cc1. The predicted molar refractivity (Wildman–Crippen MR) is 156 cm³/mol. The summed E-state index contributed by atoms with van der Waals surface area (Å²) in [5, 5.41) is 0. The molecule has 1 aliphatic rings. The van der Waals surface area contributed by atoms with E-state index in [0.29, 0.717) is 12.4 Å². The highest BCUT2D eigenvalue weighted by molar-refractivity contribution is 7.99. The maximum absolute atomic E-state index is 12.0. The van der Waals surface area contributed by atoms with Gasteiger partial charge in [-0.25, -0.2) is 0 Å². The summed E-state index contributed by atoms with van der Waals surface area (Å²) in [5.74, 6) is 2.28. The van der Waals surface area contributed by atoms with Gasteiger partial charge in [0.1, 0.15) is 18.1 Å². The lowest BCUT2D eigenvalue weighted by Gasteiger charge is -2.23. The summed E-state index contributed by atoms with van der Waals surface area (Å²) in [6.45, 7) is 6.88. The molecule has 6 heteroatoms. The molecule has 3 aromatic carbocycles. The zero-order valence-corrected chi connectivity index (χ0v) is 23.8. The number of allylic oxidation sites excluding steroid dienone is 1. The minimum absolute atomic E-state index is 0.108. The molecule has 0 atom stereocenters. The Balaban J connectivity index is 1.62. The average molecular weight is 532 g/mol. The molecular weight excluding hydrogens is 494 g/mol. The number of ether oxygens (including phenoxy) is 3. The Hall–Kier alpha value is -3.22. The molecule has 0 N–H and O–H groups in total. The van der Waals surface area contributed by atoms with Gasteiger partial charge >= 0.3 is 5.97 Å². The van der Waals surface area contributed by atoms with Crippen molar-refractivity contribution >= 4 is 28.9 Å². The Labute approximate surface area is 230 Å². The molecule has 0 radical (unpaired) electrons. The fourth-order valence-corrected chi connectivity index (χ4v) is 5.21. The topological polar surface area (TPSA) is 48.0 Å². The number of carbonyl (C=O) groups excluding carboxylic acids is 1. The first-order valence-corrected chi connectivity index (χ1v) is 13.9. The normalized spacial score (nSPS) is 14.6. The van der Waals surface area contributed by atoms with Crippen LogP contribution in [0.3, 0.4) is 0 Å². The molecule has 0 amide bonds. The van der Waals surface area contributed by atoms with Crippen LogP contribution in [0, 0.1) is 5.41 Å². The number of benzene rings is 3. The molecule has 0 fully saturated rings. The van der Waals surface area contributed by atoms with E-state index in [0.717, 1.165) is 35.6 Å². The van der Waals surface area contributed by atoms with Gasteiger partial charge < -0.3 is 19.1 Å². The molecule has 1 heterocycles. The molecule has 1 aliphatic heterocycles. The van der Waals surface area contributed by atoms with Crippen LogP contribution in [0.4, 0.5) is 0 Å². The third-order valence-electron chi connectivity index (χ3n) is 6.24. The molecule has 0 saturated heterocycles. The van der Waals surface area contributed by atoms with Crippen molar-refractivity contribution in [1.29, 1.82) is 0 Å². The van der Waals surface area contributed by atoms with Crippen molar-refractivity contribution in [3.63, 3.8) is 0 Å². The summed E-state index contributed by atoms with van der Waals surface area (Å²) in [4.78, 5) is 15.4. The summed E-state index contributed by atoms with van der Waals surface area (Å²) in [6.07, 6.45) is 0.985. The molecule has 3 aromatic rings. The highest BCUT2D eigenvalue weighted by Crippen LogP contribution is 2.43. The molecule has 0 unspecified atom stereocenters. The van der Waals surface area contributed by atoms with Gasteiger partial charge in [0.15, 0.2) is 0 Å². The van der Waals surface area contributed by atoms with Crippen molar-refractivity contribution in [3.8, 4) is 11.5 Å². The zero-order valence-electron chi connectivity index (χ0n) is 23.0. The highest BCUT2D eigenvalue weighted by Gasteiger charge is 2.23. The maximum atomic E-state index is 12.0. The average Bonchev–Trinajstić information content (AvgIpc) is 2.90. The van der Waals surface area contributed by atoms with E-state index >= 15 is 0 Å². The quantitative estimate of drug-likeness (QED) is 0.219. The number of nitrogens with zero attached hydrogens (tertiary/aromatic N) is 1. The summed E-state index contributed by atoms with van der Waals surface area (Å²) in [5.41, 5.74) is 5.54. The molecule has 0 aliphatic carbocycles. The van der Waals surface area contributed by atoms with Crippen molar-refractivity contribution in [2.75, 3.05) is 39.8 Å². The minimum Gasteiger partial charge on any atom is -0.492 e. The van der Waals surface area contributed by atoms with Crippen molar-refractivity contribution in [2.45, 2.75) is 32.1 Å². The number of hydrogen-bond acceptors (Lipinski definition) is 6. The van der Waals surface area contributed by atoms with Crippen LogP contribution >= 0.6 is 11.8 Å². The van der Waals surface area contributed by atoms with Gasteiger partial charge in [0.2, 0.25) is 6.79 Å². The fraction of sp³-hybridized carbons (Fsp3) is 0.344. The van der Waals surface area contributed by atoms with Gasteiger partial charge in [0.25, 0.3) is 0 Å². The molecular formula is C32H37NO4S. The number of esters is 1. The minimum atomic E-state index is -0.560. The summed E-state index contributed by atoms with van der Waals surface area (Å²) < 4.78 is 16.9. The van der Waals surface area contributed by atoms with Crippen LogP contribution in [0.25, 0.3) is 11.1 Å². The first-order valence-electron chi connectivity index (χ1n) is 13.0. The van der Waals surface area contributed by atoms with E-state index in [2.05, 4.69) is 65.6 Å². The first kappa shape index (κ1) is 27.8. The fourth-order valence-electron chi connectivity index (χ4n) is 4.16. The Kier molecular flexibility index (Phi) is 9.18. The number of rotatable bonds is 9. The van der Waals surface area contributed by atoms with E-state index in [1.165, 1.54) is 21.6 Å².